The molecule has 148 valence electrons. The zero-order chi connectivity index (χ0) is 20.4. The molecular weight excluding hydrogens is 390 g/mol. The van der Waals surface area contributed by atoms with Crippen LogP contribution < -0.4 is 15.2 Å². The summed E-state index contributed by atoms with van der Waals surface area (Å²) >= 11 is 6.29. The summed E-state index contributed by atoms with van der Waals surface area (Å²) in [6, 6.07) is 15.1. The third-order valence-electron chi connectivity index (χ3n) is 4.66. The fourth-order valence-corrected chi connectivity index (χ4v) is 3.55. The summed E-state index contributed by atoms with van der Waals surface area (Å²) in [5.41, 5.74) is 3.64. The van der Waals surface area contributed by atoms with Crippen LogP contribution in [-0.4, -0.2) is 28.3 Å². The van der Waals surface area contributed by atoms with E-state index in [9.17, 15) is 4.79 Å². The lowest BCUT2D eigenvalue weighted by Crippen LogP contribution is -2.17. The van der Waals surface area contributed by atoms with Gasteiger partial charge in [0.2, 0.25) is 0 Å². The van der Waals surface area contributed by atoms with E-state index in [1.165, 1.54) is 0 Å². The molecule has 0 atom stereocenters. The molecule has 29 heavy (non-hydrogen) atoms. The van der Waals surface area contributed by atoms with Gasteiger partial charge in [0.25, 0.3) is 0 Å². The molecule has 0 aliphatic carbocycles. The number of aromatic amines is 1. The zero-order valence-corrected chi connectivity index (χ0v) is 16.9. The number of hydrogen-bond acceptors (Lipinski definition) is 4. The quantitative estimate of drug-likeness (QED) is 0.509. The molecule has 2 aromatic heterocycles. The summed E-state index contributed by atoms with van der Waals surface area (Å²) in [4.78, 5) is 20.0. The summed E-state index contributed by atoms with van der Waals surface area (Å²) in [7, 11) is 1.60. The molecule has 0 saturated carbocycles. The van der Waals surface area contributed by atoms with Gasteiger partial charge in [-0.25, -0.2) is 9.78 Å². The van der Waals surface area contributed by atoms with Gasteiger partial charge in [-0.1, -0.05) is 35.9 Å². The van der Waals surface area contributed by atoms with Crippen LogP contribution >= 0.6 is 11.6 Å². The van der Waals surface area contributed by atoms with Crippen molar-refractivity contribution in [3.05, 3.63) is 75.8 Å². The Morgan fingerprint density at radius 1 is 1.14 bits per heavy atom. The lowest BCUT2D eigenvalue weighted by atomic mass is 10.1. The van der Waals surface area contributed by atoms with Gasteiger partial charge in [0.1, 0.15) is 0 Å². The van der Waals surface area contributed by atoms with Crippen molar-refractivity contribution in [1.29, 1.82) is 0 Å². The lowest BCUT2D eigenvalue weighted by Gasteiger charge is -2.11. The summed E-state index contributed by atoms with van der Waals surface area (Å²) in [6.45, 7) is 2.80. The van der Waals surface area contributed by atoms with Crippen molar-refractivity contribution in [3.63, 3.8) is 0 Å². The van der Waals surface area contributed by atoms with Gasteiger partial charge in [0.15, 0.2) is 17.1 Å². The van der Waals surface area contributed by atoms with Crippen molar-refractivity contribution in [3.8, 4) is 22.6 Å². The van der Waals surface area contributed by atoms with E-state index in [1.54, 1.807) is 17.9 Å². The highest BCUT2D eigenvalue weighted by Gasteiger charge is 2.13. The minimum Gasteiger partial charge on any atom is -0.493 e. The molecule has 0 amide bonds. The number of methoxy groups -OCH3 is 1. The van der Waals surface area contributed by atoms with Crippen molar-refractivity contribution in [1.82, 2.24) is 14.5 Å². The maximum Gasteiger partial charge on any atom is 0.327 e. The topological polar surface area (TPSA) is 69.1 Å². The van der Waals surface area contributed by atoms with Gasteiger partial charge in [0, 0.05) is 22.3 Å². The summed E-state index contributed by atoms with van der Waals surface area (Å²) in [5.74, 6) is 1.30. The van der Waals surface area contributed by atoms with Crippen LogP contribution in [0.3, 0.4) is 0 Å². The number of pyridine rings is 1. The minimum absolute atomic E-state index is 0.224. The summed E-state index contributed by atoms with van der Waals surface area (Å²) < 4.78 is 12.6. The number of imidazole rings is 1. The molecule has 0 unspecified atom stereocenters. The van der Waals surface area contributed by atoms with E-state index < -0.39 is 0 Å². The zero-order valence-electron chi connectivity index (χ0n) is 16.1. The monoisotopic (exact) mass is 409 g/mol. The molecule has 4 rings (SSSR count). The number of H-pyrrole nitrogens is 1. The van der Waals surface area contributed by atoms with E-state index >= 15 is 0 Å². The van der Waals surface area contributed by atoms with Crippen LogP contribution in [0.1, 0.15) is 12.5 Å². The van der Waals surface area contributed by atoms with Crippen LogP contribution in [0, 0.1) is 0 Å². The van der Waals surface area contributed by atoms with Gasteiger partial charge in [-0.3, -0.25) is 4.57 Å². The average molecular weight is 410 g/mol. The average Bonchev–Trinajstić information content (AvgIpc) is 3.03. The minimum atomic E-state index is -0.224. The molecule has 2 heterocycles. The Labute approximate surface area is 172 Å². The van der Waals surface area contributed by atoms with Crippen molar-refractivity contribution >= 4 is 22.8 Å². The van der Waals surface area contributed by atoms with Crippen LogP contribution in [0.2, 0.25) is 5.02 Å². The molecule has 0 aliphatic rings. The molecule has 0 radical (unpaired) electrons. The SMILES string of the molecule is CCOc1cc(Cn2c(=O)[nH]c3cc(-c4ccccc4Cl)cnc32)ccc1OC. The molecule has 0 saturated heterocycles. The van der Waals surface area contributed by atoms with Crippen LogP contribution in [0.5, 0.6) is 11.5 Å². The number of halogens is 1. The first-order chi connectivity index (χ1) is 14.1. The molecule has 1 N–H and O–H groups in total. The lowest BCUT2D eigenvalue weighted by molar-refractivity contribution is 0.310. The molecule has 0 fully saturated rings. The predicted octanol–water partition coefficient (Wildman–Crippen LogP) is 4.50. The molecule has 6 nitrogen and oxygen atoms in total. The van der Waals surface area contributed by atoms with Crippen molar-refractivity contribution in [2.24, 2.45) is 0 Å². The van der Waals surface area contributed by atoms with Gasteiger partial charge in [0.05, 0.1) is 25.8 Å². The Balaban J connectivity index is 1.72. The first-order valence-corrected chi connectivity index (χ1v) is 9.61. The van der Waals surface area contributed by atoms with E-state index in [4.69, 9.17) is 21.1 Å². The number of nitrogens with zero attached hydrogens (tertiary/aromatic N) is 2. The number of rotatable bonds is 6. The third-order valence-corrected chi connectivity index (χ3v) is 4.99. The van der Waals surface area contributed by atoms with Crippen LogP contribution in [0.4, 0.5) is 0 Å². The van der Waals surface area contributed by atoms with E-state index in [-0.39, 0.29) is 5.69 Å². The van der Waals surface area contributed by atoms with Crippen molar-refractivity contribution < 1.29 is 9.47 Å². The smallest absolute Gasteiger partial charge is 0.327 e. The van der Waals surface area contributed by atoms with Gasteiger partial charge in [-0.2, -0.15) is 0 Å². The Morgan fingerprint density at radius 3 is 2.72 bits per heavy atom. The Hall–Kier alpha value is -3.25. The second-order valence-electron chi connectivity index (χ2n) is 6.51. The summed E-state index contributed by atoms with van der Waals surface area (Å²) in [6.07, 6.45) is 1.73. The van der Waals surface area contributed by atoms with Crippen LogP contribution in [-0.2, 0) is 6.54 Å². The first kappa shape index (κ1) is 19.1. The maximum atomic E-state index is 12.6. The fourth-order valence-electron chi connectivity index (χ4n) is 3.30. The Bertz CT molecular complexity index is 1230. The highest BCUT2D eigenvalue weighted by Crippen LogP contribution is 2.30. The highest BCUT2D eigenvalue weighted by atomic mass is 35.5. The van der Waals surface area contributed by atoms with E-state index in [0.29, 0.717) is 40.8 Å². The van der Waals surface area contributed by atoms with Gasteiger partial charge >= 0.3 is 5.69 Å². The Morgan fingerprint density at radius 2 is 1.97 bits per heavy atom. The molecule has 0 bridgehead atoms. The number of hydrogen-bond donors (Lipinski definition) is 1. The van der Waals surface area contributed by atoms with E-state index in [1.807, 2.05) is 55.5 Å². The second kappa shape index (κ2) is 8.01. The van der Waals surface area contributed by atoms with E-state index in [0.717, 1.165) is 16.7 Å². The van der Waals surface area contributed by atoms with Gasteiger partial charge in [-0.15, -0.1) is 0 Å². The number of fused-ring (bicyclic) bond motifs is 1. The number of benzene rings is 2. The van der Waals surface area contributed by atoms with E-state index in [2.05, 4.69) is 9.97 Å². The van der Waals surface area contributed by atoms with Crippen molar-refractivity contribution in [2.75, 3.05) is 13.7 Å². The first-order valence-electron chi connectivity index (χ1n) is 9.24. The normalized spacial score (nSPS) is 11.0. The standard InChI is InChI=1S/C22H20ClN3O3/c1-3-29-20-10-14(8-9-19(20)28-2)13-26-21-18(25-22(26)27)11-15(12-24-21)16-6-4-5-7-17(16)23/h4-12H,3,13H2,1-2H3,(H,25,27). The fraction of sp³-hybridized carbons (Fsp3) is 0.182. The molecule has 7 heteroatoms. The van der Waals surface area contributed by atoms with Crippen LogP contribution in [0.25, 0.3) is 22.3 Å². The molecule has 0 spiro atoms. The van der Waals surface area contributed by atoms with Gasteiger partial charge < -0.3 is 14.5 Å². The Kier molecular flexibility index (Phi) is 5.27. The second-order valence-corrected chi connectivity index (χ2v) is 6.92. The molecule has 2 aromatic carbocycles. The molecular formula is C22H20ClN3O3. The van der Waals surface area contributed by atoms with Crippen molar-refractivity contribution in [2.45, 2.75) is 13.5 Å². The predicted molar refractivity (Wildman–Crippen MR) is 114 cm³/mol. The van der Waals surface area contributed by atoms with Crippen LogP contribution in [0.15, 0.2) is 59.5 Å². The van der Waals surface area contributed by atoms with Gasteiger partial charge in [-0.05, 0) is 36.8 Å². The largest absolute Gasteiger partial charge is 0.493 e. The maximum absolute atomic E-state index is 12.6. The number of ether oxygens (including phenoxy) is 2. The molecule has 4 aromatic rings. The number of nitrogens with one attached hydrogen (secondary N) is 1. The highest BCUT2D eigenvalue weighted by molar-refractivity contribution is 6.33. The third kappa shape index (κ3) is 3.71. The number of aromatic nitrogens is 3. The summed E-state index contributed by atoms with van der Waals surface area (Å²) in [5, 5.41) is 0.636. The molecule has 0 aliphatic heterocycles.